The Morgan fingerprint density at radius 1 is 0.939 bits per heavy atom. The maximum atomic E-state index is 12.8. The van der Waals surface area contributed by atoms with Crippen molar-refractivity contribution in [3.63, 3.8) is 0 Å². The highest BCUT2D eigenvalue weighted by molar-refractivity contribution is 5.83. The fraction of sp³-hybridized carbons (Fsp3) is 0.320. The highest BCUT2D eigenvalue weighted by Crippen LogP contribution is 2.33. The molecule has 0 amide bonds. The lowest BCUT2D eigenvalue weighted by atomic mass is 9.93. The Kier molecular flexibility index (Phi) is 5.73. The molecule has 33 heavy (non-hydrogen) atoms. The molecule has 5 rings (SSSR count). The molecule has 0 bridgehead atoms. The first kappa shape index (κ1) is 21.1. The molecule has 170 valence electrons. The van der Waals surface area contributed by atoms with E-state index in [0.717, 1.165) is 41.9 Å². The number of fused-ring (bicyclic) bond motifs is 1. The van der Waals surface area contributed by atoms with Crippen LogP contribution in [0.15, 0.2) is 59.7 Å². The lowest BCUT2D eigenvalue weighted by molar-refractivity contribution is 0.313. The molecule has 0 aliphatic heterocycles. The van der Waals surface area contributed by atoms with E-state index in [1.54, 1.807) is 25.1 Å². The molecule has 2 aromatic carbocycles. The fourth-order valence-corrected chi connectivity index (χ4v) is 4.26. The number of H-pyrrole nitrogens is 1. The van der Waals surface area contributed by atoms with Crippen molar-refractivity contribution in [3.05, 3.63) is 76.5 Å². The fourth-order valence-electron chi connectivity index (χ4n) is 4.26. The first-order valence-corrected chi connectivity index (χ1v) is 11.1. The lowest BCUT2D eigenvalue weighted by Gasteiger charge is -2.27. The van der Waals surface area contributed by atoms with Crippen LogP contribution in [0.4, 0.5) is 5.82 Å². The van der Waals surface area contributed by atoms with Gasteiger partial charge in [-0.2, -0.15) is 0 Å². The molecule has 1 N–H and O–H groups in total. The van der Waals surface area contributed by atoms with Gasteiger partial charge in [-0.15, -0.1) is 0 Å². The van der Waals surface area contributed by atoms with Crippen LogP contribution in [0.1, 0.15) is 36.4 Å². The van der Waals surface area contributed by atoms with Crippen molar-refractivity contribution in [2.45, 2.75) is 38.4 Å². The van der Waals surface area contributed by atoms with Gasteiger partial charge in [0.15, 0.2) is 11.5 Å². The zero-order valence-electron chi connectivity index (χ0n) is 18.8. The number of hydrogen-bond acceptors (Lipinski definition) is 6. The van der Waals surface area contributed by atoms with Crippen LogP contribution < -0.4 is 20.1 Å². The van der Waals surface area contributed by atoms with E-state index in [4.69, 9.17) is 9.47 Å². The second-order valence-electron chi connectivity index (χ2n) is 8.33. The molecule has 8 heteroatoms. The predicted octanol–water partition coefficient (Wildman–Crippen LogP) is 4.07. The number of benzene rings is 2. The number of nitrogens with zero attached hydrogens (tertiary/aromatic N) is 4. The smallest absolute Gasteiger partial charge is 0.328 e. The Morgan fingerprint density at radius 2 is 1.52 bits per heavy atom. The molecule has 2 aromatic heterocycles. The molecule has 0 atom stereocenters. The summed E-state index contributed by atoms with van der Waals surface area (Å²) in [4.78, 5) is 27.1. The van der Waals surface area contributed by atoms with Crippen LogP contribution in [0.3, 0.4) is 0 Å². The maximum Gasteiger partial charge on any atom is 0.328 e. The normalized spacial score (nSPS) is 13.6. The van der Waals surface area contributed by atoms with Crippen LogP contribution in [-0.4, -0.2) is 33.7 Å². The van der Waals surface area contributed by atoms with E-state index < -0.39 is 0 Å². The van der Waals surface area contributed by atoms with Gasteiger partial charge in [-0.1, -0.05) is 24.3 Å². The molecule has 0 saturated heterocycles. The number of nitrogens with one attached hydrogen (secondary N) is 1. The van der Waals surface area contributed by atoms with Crippen molar-refractivity contribution in [2.24, 2.45) is 0 Å². The van der Waals surface area contributed by atoms with E-state index >= 15 is 0 Å². The van der Waals surface area contributed by atoms with Gasteiger partial charge in [0.05, 0.1) is 14.2 Å². The number of hydrogen-bond donors (Lipinski definition) is 1. The molecule has 0 unspecified atom stereocenters. The van der Waals surface area contributed by atoms with Crippen molar-refractivity contribution in [2.75, 3.05) is 19.1 Å². The molecule has 0 radical (unpaired) electrons. The Hall–Kier alpha value is -3.81. The summed E-state index contributed by atoms with van der Waals surface area (Å²) >= 11 is 0. The molecule has 2 heterocycles. The summed E-state index contributed by atoms with van der Waals surface area (Å²) in [6.45, 7) is 1.22. The maximum absolute atomic E-state index is 12.8. The Bertz CT molecular complexity index is 1240. The van der Waals surface area contributed by atoms with E-state index in [1.165, 1.54) is 0 Å². The predicted molar refractivity (Wildman–Crippen MR) is 127 cm³/mol. The largest absolute Gasteiger partial charge is 0.497 e. The topological polar surface area (TPSA) is 85.3 Å². The lowest BCUT2D eigenvalue weighted by Crippen LogP contribution is -2.27. The van der Waals surface area contributed by atoms with Crippen LogP contribution in [0.2, 0.25) is 0 Å². The summed E-state index contributed by atoms with van der Waals surface area (Å²) in [5.41, 5.74) is 3.44. The summed E-state index contributed by atoms with van der Waals surface area (Å²) in [6.07, 6.45) is 4.71. The Balaban J connectivity index is 1.55. The summed E-state index contributed by atoms with van der Waals surface area (Å²) in [5, 5.41) is 0. The molecule has 1 aliphatic carbocycles. The first-order valence-electron chi connectivity index (χ1n) is 11.1. The van der Waals surface area contributed by atoms with Gasteiger partial charge >= 0.3 is 5.69 Å². The monoisotopic (exact) mass is 445 g/mol. The third kappa shape index (κ3) is 4.16. The molecule has 0 spiro atoms. The van der Waals surface area contributed by atoms with E-state index in [0.29, 0.717) is 30.1 Å². The van der Waals surface area contributed by atoms with Crippen LogP contribution >= 0.6 is 0 Å². The van der Waals surface area contributed by atoms with E-state index in [1.807, 2.05) is 48.5 Å². The number of ether oxygens (including phenoxy) is 2. The third-order valence-corrected chi connectivity index (χ3v) is 6.29. The number of anilines is 1. The van der Waals surface area contributed by atoms with Gasteiger partial charge in [0, 0.05) is 19.1 Å². The number of aromatic nitrogens is 4. The standard InChI is InChI=1S/C25H27N5O3/c1-32-20-10-6-17(7-11-20)14-29(15-18-8-12-21(33-2)13-9-18)23-22-24(27-16-26-23)30(25(31)28-22)19-4-3-5-19/h6-13,16,19H,3-5,14-15H2,1-2H3,(H,28,31). The zero-order valence-corrected chi connectivity index (χ0v) is 18.8. The minimum Gasteiger partial charge on any atom is -0.497 e. The van der Waals surface area contributed by atoms with E-state index in [-0.39, 0.29) is 11.7 Å². The SMILES string of the molecule is COc1ccc(CN(Cc2ccc(OC)cc2)c2ncnc3c2[nH]c(=O)n3C2CCC2)cc1. The van der Waals surface area contributed by atoms with Crippen molar-refractivity contribution in [1.29, 1.82) is 0 Å². The second kappa shape index (κ2) is 8.97. The van der Waals surface area contributed by atoms with E-state index in [9.17, 15) is 4.79 Å². The van der Waals surface area contributed by atoms with Gasteiger partial charge in [0.2, 0.25) is 0 Å². The number of aromatic amines is 1. The van der Waals surface area contributed by atoms with E-state index in [2.05, 4.69) is 19.9 Å². The quantitative estimate of drug-likeness (QED) is 0.440. The van der Waals surface area contributed by atoms with Gasteiger partial charge in [0.25, 0.3) is 0 Å². The summed E-state index contributed by atoms with van der Waals surface area (Å²) in [7, 11) is 3.32. The van der Waals surface area contributed by atoms with Crippen molar-refractivity contribution >= 4 is 17.0 Å². The third-order valence-electron chi connectivity index (χ3n) is 6.29. The highest BCUT2D eigenvalue weighted by Gasteiger charge is 2.26. The molecule has 1 aliphatic rings. The van der Waals surface area contributed by atoms with Crippen molar-refractivity contribution in [3.8, 4) is 11.5 Å². The summed E-state index contributed by atoms with van der Waals surface area (Å²) in [5.74, 6) is 2.33. The summed E-state index contributed by atoms with van der Waals surface area (Å²) < 4.78 is 12.4. The molecule has 8 nitrogen and oxygen atoms in total. The number of methoxy groups -OCH3 is 2. The van der Waals surface area contributed by atoms with Crippen LogP contribution in [-0.2, 0) is 13.1 Å². The van der Waals surface area contributed by atoms with Gasteiger partial charge < -0.3 is 19.4 Å². The van der Waals surface area contributed by atoms with Gasteiger partial charge in [0.1, 0.15) is 23.3 Å². The molecule has 1 fully saturated rings. The highest BCUT2D eigenvalue weighted by atomic mass is 16.5. The van der Waals surface area contributed by atoms with Crippen LogP contribution in [0.5, 0.6) is 11.5 Å². The minimum absolute atomic E-state index is 0.120. The first-order chi connectivity index (χ1) is 16.2. The molecular weight excluding hydrogens is 418 g/mol. The molecule has 1 saturated carbocycles. The minimum atomic E-state index is -0.120. The zero-order chi connectivity index (χ0) is 22.8. The average Bonchev–Trinajstić information content (AvgIpc) is 3.14. The van der Waals surface area contributed by atoms with Gasteiger partial charge in [-0.3, -0.25) is 4.57 Å². The second-order valence-corrected chi connectivity index (χ2v) is 8.33. The Morgan fingerprint density at radius 3 is 2.00 bits per heavy atom. The molecular formula is C25H27N5O3. The van der Waals surface area contributed by atoms with Gasteiger partial charge in [-0.25, -0.2) is 14.8 Å². The van der Waals surface area contributed by atoms with Crippen LogP contribution in [0.25, 0.3) is 11.2 Å². The molecule has 4 aromatic rings. The van der Waals surface area contributed by atoms with Crippen molar-refractivity contribution < 1.29 is 9.47 Å². The van der Waals surface area contributed by atoms with Crippen molar-refractivity contribution in [1.82, 2.24) is 19.5 Å². The Labute approximate surface area is 191 Å². The van der Waals surface area contributed by atoms with Gasteiger partial charge in [-0.05, 0) is 54.7 Å². The van der Waals surface area contributed by atoms with Crippen LogP contribution in [0, 0.1) is 0 Å². The summed E-state index contributed by atoms with van der Waals surface area (Å²) in [6, 6.07) is 16.2. The average molecular weight is 446 g/mol. The number of rotatable bonds is 8. The number of imidazole rings is 1.